The summed E-state index contributed by atoms with van der Waals surface area (Å²) >= 11 is 3.31. The van der Waals surface area contributed by atoms with Gasteiger partial charge in [0.15, 0.2) is 0 Å². The Morgan fingerprint density at radius 3 is 2.36 bits per heavy atom. The van der Waals surface area contributed by atoms with Gasteiger partial charge in [-0.15, -0.1) is 6.58 Å². The molecule has 0 amide bonds. The molecule has 0 spiro atoms. The first-order valence-electron chi connectivity index (χ1n) is 4.36. The van der Waals surface area contributed by atoms with Crippen LogP contribution < -0.4 is 0 Å². The Kier molecular flexibility index (Phi) is 4.32. The Labute approximate surface area is 92.0 Å². The van der Waals surface area contributed by atoms with Gasteiger partial charge in [0.1, 0.15) is 0 Å². The predicted molar refractivity (Wildman–Crippen MR) is 59.9 cm³/mol. The molecule has 0 fully saturated rings. The Morgan fingerprint density at radius 2 is 1.93 bits per heavy atom. The summed E-state index contributed by atoms with van der Waals surface area (Å²) < 4.78 is 0.965. The lowest BCUT2D eigenvalue weighted by atomic mass is 9.97. The summed E-state index contributed by atoms with van der Waals surface area (Å²) in [6.45, 7) is 3.47. The standard InChI is InChI=1S/C11H13BrO2/c1-2-8(7-13)11(14)9-3-5-10(12)6-4-9/h2-6,8,11,13-14H,1,7H2/t8-,11+/m0/s1. The molecule has 1 aromatic rings. The minimum atomic E-state index is -0.689. The molecule has 1 aromatic carbocycles. The monoisotopic (exact) mass is 256 g/mol. The molecule has 0 unspecified atom stereocenters. The van der Waals surface area contributed by atoms with Crippen LogP contribution in [0.15, 0.2) is 41.4 Å². The minimum absolute atomic E-state index is 0.0965. The smallest absolute Gasteiger partial charge is 0.0874 e. The van der Waals surface area contributed by atoms with E-state index in [-0.39, 0.29) is 12.5 Å². The molecule has 2 nitrogen and oxygen atoms in total. The summed E-state index contributed by atoms with van der Waals surface area (Å²) in [5.41, 5.74) is 0.784. The van der Waals surface area contributed by atoms with Crippen LogP contribution >= 0.6 is 15.9 Å². The molecule has 0 aliphatic heterocycles. The van der Waals surface area contributed by atoms with Gasteiger partial charge in [-0.25, -0.2) is 0 Å². The van der Waals surface area contributed by atoms with Crippen molar-refractivity contribution in [3.8, 4) is 0 Å². The number of rotatable bonds is 4. The number of hydrogen-bond donors (Lipinski definition) is 2. The van der Waals surface area contributed by atoms with Gasteiger partial charge in [0.2, 0.25) is 0 Å². The average Bonchev–Trinajstić information content (AvgIpc) is 2.20. The molecule has 0 saturated carbocycles. The summed E-state index contributed by atoms with van der Waals surface area (Å²) in [4.78, 5) is 0. The highest BCUT2D eigenvalue weighted by Gasteiger charge is 2.16. The molecule has 0 bridgehead atoms. The zero-order chi connectivity index (χ0) is 10.6. The summed E-state index contributed by atoms with van der Waals surface area (Å²) in [6.07, 6.45) is 0.873. The van der Waals surface area contributed by atoms with Crippen LogP contribution in [0.3, 0.4) is 0 Å². The van der Waals surface area contributed by atoms with Gasteiger partial charge < -0.3 is 10.2 Å². The first-order valence-corrected chi connectivity index (χ1v) is 5.15. The predicted octanol–water partition coefficient (Wildman–Crippen LogP) is 2.28. The maximum atomic E-state index is 9.82. The van der Waals surface area contributed by atoms with Gasteiger partial charge >= 0.3 is 0 Å². The van der Waals surface area contributed by atoms with Crippen LogP contribution in [0, 0.1) is 5.92 Å². The van der Waals surface area contributed by atoms with E-state index in [9.17, 15) is 5.11 Å². The van der Waals surface area contributed by atoms with Crippen LogP contribution in [0.25, 0.3) is 0 Å². The average molecular weight is 257 g/mol. The lowest BCUT2D eigenvalue weighted by Crippen LogP contribution is -2.13. The molecule has 2 N–H and O–H groups in total. The molecule has 0 radical (unpaired) electrons. The van der Waals surface area contributed by atoms with Crippen molar-refractivity contribution in [1.29, 1.82) is 0 Å². The first-order chi connectivity index (χ1) is 6.69. The van der Waals surface area contributed by atoms with Gasteiger partial charge in [0.05, 0.1) is 12.7 Å². The van der Waals surface area contributed by atoms with E-state index < -0.39 is 6.10 Å². The number of aliphatic hydroxyl groups is 2. The van der Waals surface area contributed by atoms with E-state index in [0.29, 0.717) is 0 Å². The second kappa shape index (κ2) is 5.29. The quantitative estimate of drug-likeness (QED) is 0.812. The fraction of sp³-hybridized carbons (Fsp3) is 0.273. The van der Waals surface area contributed by atoms with Crippen molar-refractivity contribution in [2.24, 2.45) is 5.92 Å². The topological polar surface area (TPSA) is 40.5 Å². The molecule has 1 rings (SSSR count). The van der Waals surface area contributed by atoms with Crippen molar-refractivity contribution in [2.45, 2.75) is 6.10 Å². The van der Waals surface area contributed by atoms with Crippen molar-refractivity contribution in [2.75, 3.05) is 6.61 Å². The van der Waals surface area contributed by atoms with Crippen molar-refractivity contribution in [3.63, 3.8) is 0 Å². The molecular formula is C11H13BrO2. The Bertz CT molecular complexity index is 295. The molecule has 0 heterocycles. The van der Waals surface area contributed by atoms with Crippen LogP contribution in [-0.2, 0) is 0 Å². The molecule has 76 valence electrons. The third-order valence-electron chi connectivity index (χ3n) is 2.13. The largest absolute Gasteiger partial charge is 0.396 e. The summed E-state index contributed by atoms with van der Waals surface area (Å²) in [7, 11) is 0. The Hall–Kier alpha value is -0.640. The second-order valence-corrected chi connectivity index (χ2v) is 3.99. The summed E-state index contributed by atoms with van der Waals surface area (Å²) in [5.74, 6) is -0.309. The highest BCUT2D eigenvalue weighted by molar-refractivity contribution is 9.10. The van der Waals surface area contributed by atoms with Gasteiger partial charge in [-0.2, -0.15) is 0 Å². The van der Waals surface area contributed by atoms with Crippen LogP contribution in [0.2, 0.25) is 0 Å². The number of hydrogen-bond acceptors (Lipinski definition) is 2. The van der Waals surface area contributed by atoms with Crippen LogP contribution in [0.4, 0.5) is 0 Å². The lowest BCUT2D eigenvalue weighted by Gasteiger charge is -2.17. The summed E-state index contributed by atoms with van der Waals surface area (Å²) in [6, 6.07) is 7.36. The minimum Gasteiger partial charge on any atom is -0.396 e. The summed E-state index contributed by atoms with van der Waals surface area (Å²) in [5, 5.41) is 18.8. The molecule has 0 saturated heterocycles. The SMILES string of the molecule is C=C[C@@H](CO)[C@@H](O)c1ccc(Br)cc1. The molecule has 3 heteroatoms. The van der Waals surface area contributed by atoms with E-state index >= 15 is 0 Å². The number of halogens is 1. The zero-order valence-electron chi connectivity index (χ0n) is 7.73. The van der Waals surface area contributed by atoms with Crippen LogP contribution in [0.1, 0.15) is 11.7 Å². The van der Waals surface area contributed by atoms with E-state index in [1.165, 1.54) is 0 Å². The van der Waals surface area contributed by atoms with Gasteiger partial charge in [-0.1, -0.05) is 34.1 Å². The van der Waals surface area contributed by atoms with Crippen molar-refractivity contribution >= 4 is 15.9 Å². The van der Waals surface area contributed by atoms with Crippen molar-refractivity contribution < 1.29 is 10.2 Å². The van der Waals surface area contributed by atoms with E-state index in [2.05, 4.69) is 22.5 Å². The van der Waals surface area contributed by atoms with Crippen LogP contribution in [0.5, 0.6) is 0 Å². The fourth-order valence-electron chi connectivity index (χ4n) is 1.21. The van der Waals surface area contributed by atoms with Gasteiger partial charge in [-0.05, 0) is 17.7 Å². The van der Waals surface area contributed by atoms with Gasteiger partial charge in [0.25, 0.3) is 0 Å². The third kappa shape index (κ3) is 2.67. The molecule has 0 aliphatic rings. The van der Waals surface area contributed by atoms with E-state index in [4.69, 9.17) is 5.11 Å². The lowest BCUT2D eigenvalue weighted by molar-refractivity contribution is 0.0921. The fourth-order valence-corrected chi connectivity index (χ4v) is 1.47. The number of benzene rings is 1. The normalized spacial score (nSPS) is 14.8. The Morgan fingerprint density at radius 1 is 1.36 bits per heavy atom. The molecular weight excluding hydrogens is 244 g/mol. The molecule has 0 aliphatic carbocycles. The third-order valence-corrected chi connectivity index (χ3v) is 2.66. The van der Waals surface area contributed by atoms with E-state index in [1.807, 2.05) is 24.3 Å². The maximum absolute atomic E-state index is 9.82. The molecule has 2 atom stereocenters. The van der Waals surface area contributed by atoms with Crippen molar-refractivity contribution in [1.82, 2.24) is 0 Å². The van der Waals surface area contributed by atoms with Crippen molar-refractivity contribution in [3.05, 3.63) is 47.0 Å². The molecule has 0 aromatic heterocycles. The zero-order valence-corrected chi connectivity index (χ0v) is 9.31. The van der Waals surface area contributed by atoms with E-state index in [0.717, 1.165) is 10.0 Å². The second-order valence-electron chi connectivity index (χ2n) is 3.08. The Balaban J connectivity index is 2.82. The van der Waals surface area contributed by atoms with Gasteiger partial charge in [0, 0.05) is 10.4 Å². The number of aliphatic hydroxyl groups excluding tert-OH is 2. The highest BCUT2D eigenvalue weighted by Crippen LogP contribution is 2.23. The van der Waals surface area contributed by atoms with E-state index in [1.54, 1.807) is 6.08 Å². The van der Waals surface area contributed by atoms with Crippen LogP contribution in [-0.4, -0.2) is 16.8 Å². The maximum Gasteiger partial charge on any atom is 0.0874 e. The molecule has 14 heavy (non-hydrogen) atoms. The van der Waals surface area contributed by atoms with Gasteiger partial charge in [-0.3, -0.25) is 0 Å². The highest BCUT2D eigenvalue weighted by atomic mass is 79.9. The first kappa shape index (κ1) is 11.4.